The third kappa shape index (κ3) is 4.60. The second-order valence-electron chi connectivity index (χ2n) is 7.29. The summed E-state index contributed by atoms with van der Waals surface area (Å²) in [5.74, 6) is 2.16. The van der Waals surface area contributed by atoms with Crippen molar-refractivity contribution in [1.29, 1.82) is 0 Å². The molecule has 4 rings (SSSR count). The quantitative estimate of drug-likeness (QED) is 0.560. The lowest BCUT2D eigenvalue weighted by molar-refractivity contribution is 0.210. The van der Waals surface area contributed by atoms with Gasteiger partial charge in [0.1, 0.15) is 28.4 Å². The van der Waals surface area contributed by atoms with Crippen molar-refractivity contribution in [3.05, 3.63) is 35.4 Å². The Labute approximate surface area is 181 Å². The van der Waals surface area contributed by atoms with Crippen molar-refractivity contribution in [3.8, 4) is 11.5 Å². The molecular formula is C21H27ClN6O2. The molecule has 0 saturated carbocycles. The Balaban J connectivity index is 1.38. The van der Waals surface area contributed by atoms with E-state index in [1.807, 2.05) is 26.0 Å². The second kappa shape index (κ2) is 9.49. The summed E-state index contributed by atoms with van der Waals surface area (Å²) in [5.41, 5.74) is 2.68. The van der Waals surface area contributed by atoms with Crippen molar-refractivity contribution in [3.63, 3.8) is 0 Å². The Morgan fingerprint density at radius 2 is 1.80 bits per heavy atom. The third-order valence-corrected chi connectivity index (χ3v) is 5.59. The van der Waals surface area contributed by atoms with Crippen LogP contribution in [0.2, 0.25) is 5.02 Å². The molecule has 160 valence electrons. The van der Waals surface area contributed by atoms with Crippen LogP contribution in [-0.2, 0) is 6.54 Å². The summed E-state index contributed by atoms with van der Waals surface area (Å²) in [4.78, 5) is 18.3. The predicted molar refractivity (Wildman–Crippen MR) is 117 cm³/mol. The van der Waals surface area contributed by atoms with E-state index in [1.54, 1.807) is 12.7 Å². The summed E-state index contributed by atoms with van der Waals surface area (Å²) >= 11 is 6.42. The number of hydrogen-bond acceptors (Lipinski definition) is 7. The minimum absolute atomic E-state index is 0.360. The van der Waals surface area contributed by atoms with Gasteiger partial charge in [0.2, 0.25) is 0 Å². The number of halogens is 1. The molecule has 1 aliphatic rings. The van der Waals surface area contributed by atoms with Gasteiger partial charge in [-0.2, -0.15) is 0 Å². The van der Waals surface area contributed by atoms with E-state index in [2.05, 4.69) is 30.2 Å². The molecule has 1 saturated heterocycles. The summed E-state index contributed by atoms with van der Waals surface area (Å²) in [6.45, 7) is 7.86. The minimum Gasteiger partial charge on any atom is -0.492 e. The number of H-pyrrole nitrogens is 1. The molecule has 30 heavy (non-hydrogen) atoms. The van der Waals surface area contributed by atoms with Gasteiger partial charge in [-0.1, -0.05) is 11.6 Å². The summed E-state index contributed by atoms with van der Waals surface area (Å²) in [6, 6.07) is 4.40. The maximum atomic E-state index is 6.42. The van der Waals surface area contributed by atoms with Gasteiger partial charge in [-0.15, -0.1) is 0 Å². The van der Waals surface area contributed by atoms with Gasteiger partial charge < -0.3 is 19.8 Å². The summed E-state index contributed by atoms with van der Waals surface area (Å²) in [7, 11) is 0. The van der Waals surface area contributed by atoms with Crippen LogP contribution < -0.4 is 14.8 Å². The number of aromatic nitrogens is 4. The van der Waals surface area contributed by atoms with Crippen LogP contribution in [0.15, 0.2) is 24.8 Å². The molecule has 2 N–H and O–H groups in total. The van der Waals surface area contributed by atoms with Crippen LogP contribution in [0.1, 0.15) is 32.3 Å². The van der Waals surface area contributed by atoms with Crippen molar-refractivity contribution in [2.45, 2.75) is 39.3 Å². The normalized spacial score (nSPS) is 15.4. The molecule has 3 heterocycles. The van der Waals surface area contributed by atoms with Crippen LogP contribution in [-0.4, -0.2) is 57.2 Å². The molecule has 0 atom stereocenters. The number of piperidine rings is 1. The first-order valence-electron chi connectivity index (χ1n) is 10.4. The minimum atomic E-state index is 0.360. The maximum absolute atomic E-state index is 6.42. The number of hydrogen-bond donors (Lipinski definition) is 2. The molecule has 0 aliphatic carbocycles. The average molecular weight is 431 g/mol. The molecule has 3 aromatic rings. The van der Waals surface area contributed by atoms with E-state index in [1.165, 1.54) is 0 Å². The van der Waals surface area contributed by atoms with E-state index in [0.717, 1.165) is 55.0 Å². The number of anilines is 1. The zero-order chi connectivity index (χ0) is 20.9. The van der Waals surface area contributed by atoms with Gasteiger partial charge in [0, 0.05) is 25.7 Å². The summed E-state index contributed by atoms with van der Waals surface area (Å²) in [6.07, 6.45) is 5.26. The Morgan fingerprint density at radius 1 is 1.10 bits per heavy atom. The van der Waals surface area contributed by atoms with Crippen LogP contribution >= 0.6 is 11.6 Å². The lowest BCUT2D eigenvalue weighted by Crippen LogP contribution is -2.38. The lowest BCUT2D eigenvalue weighted by Gasteiger charge is -2.32. The van der Waals surface area contributed by atoms with Gasteiger partial charge in [-0.3, -0.25) is 4.90 Å². The van der Waals surface area contributed by atoms with Gasteiger partial charge in [0.15, 0.2) is 11.5 Å². The standard InChI is InChI=1S/C21H27ClN6O2/c1-3-29-16-9-14(10-17(18(16)22)30-4-2)11-28-7-5-15(6-8-28)27-21-19-20(24-12-23-19)25-13-26-21/h9-10,12-13,15H,3-8,11H2,1-2H3,(H2,23,24,25,26,27). The monoisotopic (exact) mass is 430 g/mol. The number of ether oxygens (including phenoxy) is 2. The number of nitrogens with one attached hydrogen (secondary N) is 2. The highest BCUT2D eigenvalue weighted by Gasteiger charge is 2.21. The predicted octanol–water partition coefficient (Wildman–Crippen LogP) is 3.88. The average Bonchev–Trinajstić information content (AvgIpc) is 3.23. The van der Waals surface area contributed by atoms with Crippen LogP contribution in [0.3, 0.4) is 0 Å². The number of nitrogens with zero attached hydrogens (tertiary/aromatic N) is 4. The van der Waals surface area contributed by atoms with Crippen molar-refractivity contribution in [2.24, 2.45) is 0 Å². The zero-order valence-corrected chi connectivity index (χ0v) is 18.1. The fraction of sp³-hybridized carbons (Fsp3) is 0.476. The maximum Gasteiger partial charge on any atom is 0.162 e. The Morgan fingerprint density at radius 3 is 2.47 bits per heavy atom. The van der Waals surface area contributed by atoms with Crippen molar-refractivity contribution >= 4 is 28.6 Å². The lowest BCUT2D eigenvalue weighted by atomic mass is 10.0. The highest BCUT2D eigenvalue weighted by Crippen LogP contribution is 2.36. The molecule has 8 nitrogen and oxygen atoms in total. The summed E-state index contributed by atoms with van der Waals surface area (Å²) < 4.78 is 11.4. The Hall–Kier alpha value is -2.58. The molecule has 0 radical (unpaired) electrons. The molecular weight excluding hydrogens is 404 g/mol. The SMILES string of the molecule is CCOc1cc(CN2CCC(Nc3ncnc4[nH]cnc34)CC2)cc(OCC)c1Cl. The molecule has 9 heteroatoms. The number of rotatable bonds is 8. The highest BCUT2D eigenvalue weighted by atomic mass is 35.5. The Bertz CT molecular complexity index is 960. The first-order valence-corrected chi connectivity index (χ1v) is 10.8. The molecule has 0 spiro atoms. The fourth-order valence-corrected chi connectivity index (χ4v) is 4.01. The van der Waals surface area contributed by atoms with E-state index < -0.39 is 0 Å². The molecule has 2 aromatic heterocycles. The van der Waals surface area contributed by atoms with Gasteiger partial charge in [0.05, 0.1) is 19.5 Å². The molecule has 1 aliphatic heterocycles. The van der Waals surface area contributed by atoms with E-state index in [4.69, 9.17) is 21.1 Å². The first kappa shape index (κ1) is 20.7. The smallest absolute Gasteiger partial charge is 0.162 e. The topological polar surface area (TPSA) is 88.2 Å². The zero-order valence-electron chi connectivity index (χ0n) is 17.3. The molecule has 1 aromatic carbocycles. The van der Waals surface area contributed by atoms with E-state index in [0.29, 0.717) is 35.8 Å². The molecule has 0 amide bonds. The summed E-state index contributed by atoms with van der Waals surface area (Å²) in [5, 5.41) is 4.08. The first-order chi connectivity index (χ1) is 14.7. The second-order valence-corrected chi connectivity index (χ2v) is 7.67. The number of likely N-dealkylation sites (tertiary alicyclic amines) is 1. The van der Waals surface area contributed by atoms with Crippen LogP contribution in [0.4, 0.5) is 5.82 Å². The number of aromatic amines is 1. The third-order valence-electron chi connectivity index (χ3n) is 5.22. The van der Waals surface area contributed by atoms with Gasteiger partial charge >= 0.3 is 0 Å². The molecule has 0 bridgehead atoms. The van der Waals surface area contributed by atoms with Gasteiger partial charge in [-0.05, 0) is 44.4 Å². The van der Waals surface area contributed by atoms with Crippen LogP contribution in [0.5, 0.6) is 11.5 Å². The van der Waals surface area contributed by atoms with Crippen LogP contribution in [0, 0.1) is 0 Å². The van der Waals surface area contributed by atoms with Crippen LogP contribution in [0.25, 0.3) is 11.2 Å². The number of benzene rings is 1. The largest absolute Gasteiger partial charge is 0.492 e. The van der Waals surface area contributed by atoms with Crippen molar-refractivity contribution < 1.29 is 9.47 Å². The highest BCUT2D eigenvalue weighted by molar-refractivity contribution is 6.33. The molecule has 0 unspecified atom stereocenters. The van der Waals surface area contributed by atoms with E-state index >= 15 is 0 Å². The number of fused-ring (bicyclic) bond motifs is 1. The fourth-order valence-electron chi connectivity index (χ4n) is 3.80. The Kier molecular flexibility index (Phi) is 6.54. The van der Waals surface area contributed by atoms with Gasteiger partial charge in [0.25, 0.3) is 0 Å². The van der Waals surface area contributed by atoms with E-state index in [9.17, 15) is 0 Å². The van der Waals surface area contributed by atoms with Crippen molar-refractivity contribution in [1.82, 2.24) is 24.8 Å². The molecule has 1 fully saturated rings. The van der Waals surface area contributed by atoms with Gasteiger partial charge in [-0.25, -0.2) is 15.0 Å². The number of imidazole rings is 1. The van der Waals surface area contributed by atoms with E-state index in [-0.39, 0.29) is 0 Å². The van der Waals surface area contributed by atoms with Crippen molar-refractivity contribution in [2.75, 3.05) is 31.6 Å².